The first-order valence-electron chi connectivity index (χ1n) is 12.0. The molecule has 214 valence electrons. The van der Waals surface area contributed by atoms with Gasteiger partial charge in [-0.25, -0.2) is 8.42 Å². The molecule has 0 saturated heterocycles. The normalized spacial score (nSPS) is 11.8. The van der Waals surface area contributed by atoms with Crippen LogP contribution in [0.2, 0.25) is 0 Å². The minimum Gasteiger partial charge on any atom is -0.744 e. The summed E-state index contributed by atoms with van der Waals surface area (Å²) in [5, 5.41) is 24.8. The summed E-state index contributed by atoms with van der Waals surface area (Å²) < 4.78 is 72.2. The zero-order chi connectivity index (χ0) is 29.6. The molecular formula is C27H17N3Na2O9S3. The van der Waals surface area contributed by atoms with Crippen molar-refractivity contribution in [3.8, 4) is 11.4 Å². The standard InChI is InChI=1S/C27H19N3O9S3.2Na/c1-16-6-9-18(10-7-16)42(35,36)37-24-13-8-17-4-2-3-5-20(17)27(24)30-28-23-12-11-21-22(26(23)29-30)14-19(41(32,33)34)15-25(21)40-39-38-31;;/h2-15,31H,1H3,(H,32,33,34);;/q;2*+1/p-2. The Hall–Kier alpha value is -2.09. The van der Waals surface area contributed by atoms with E-state index < -0.39 is 25.1 Å². The maximum absolute atomic E-state index is 13.2. The van der Waals surface area contributed by atoms with E-state index in [1.54, 1.807) is 42.5 Å². The van der Waals surface area contributed by atoms with Crippen molar-refractivity contribution in [3.63, 3.8) is 0 Å². The van der Waals surface area contributed by atoms with Gasteiger partial charge in [0.25, 0.3) is 0 Å². The first-order chi connectivity index (χ1) is 20.0. The Labute approximate surface area is 299 Å². The summed E-state index contributed by atoms with van der Waals surface area (Å²) in [4.78, 5) is 0.659. The third-order valence-electron chi connectivity index (χ3n) is 6.43. The van der Waals surface area contributed by atoms with Crippen LogP contribution in [0.5, 0.6) is 5.75 Å². The second-order valence-corrected chi connectivity index (χ2v) is 12.8. The molecule has 0 amide bonds. The summed E-state index contributed by atoms with van der Waals surface area (Å²) in [6, 6.07) is 21.9. The van der Waals surface area contributed by atoms with Crippen LogP contribution in [-0.2, 0) is 29.6 Å². The molecule has 1 heterocycles. The second kappa shape index (κ2) is 13.7. The van der Waals surface area contributed by atoms with Gasteiger partial charge in [0.1, 0.15) is 31.7 Å². The minimum absolute atomic E-state index is 0. The van der Waals surface area contributed by atoms with Gasteiger partial charge in [-0.2, -0.15) is 12.8 Å². The fourth-order valence-electron chi connectivity index (χ4n) is 4.50. The molecule has 0 aliphatic carbocycles. The van der Waals surface area contributed by atoms with E-state index >= 15 is 0 Å². The van der Waals surface area contributed by atoms with Gasteiger partial charge in [-0.05, 0) is 48.7 Å². The number of benzene rings is 5. The van der Waals surface area contributed by atoms with E-state index in [2.05, 4.69) is 19.6 Å². The van der Waals surface area contributed by atoms with Crippen molar-refractivity contribution in [3.05, 3.63) is 90.5 Å². The zero-order valence-electron chi connectivity index (χ0n) is 23.3. The number of hydrogen-bond donors (Lipinski definition) is 0. The first kappa shape index (κ1) is 34.8. The summed E-state index contributed by atoms with van der Waals surface area (Å²) >= 11 is 0.422. The number of rotatable bonds is 8. The Morgan fingerprint density at radius 1 is 0.795 bits per heavy atom. The summed E-state index contributed by atoms with van der Waals surface area (Å²) in [6.07, 6.45) is 0. The van der Waals surface area contributed by atoms with E-state index in [0.717, 1.165) is 23.1 Å². The van der Waals surface area contributed by atoms with E-state index in [-0.39, 0.29) is 91.2 Å². The van der Waals surface area contributed by atoms with Crippen LogP contribution < -0.4 is 68.6 Å². The Bertz CT molecular complexity index is 2230. The van der Waals surface area contributed by atoms with Crippen molar-refractivity contribution in [2.45, 2.75) is 21.6 Å². The van der Waals surface area contributed by atoms with Crippen LogP contribution in [-0.4, -0.2) is 36.4 Å². The summed E-state index contributed by atoms with van der Waals surface area (Å²) in [5.74, 6) is -0.0565. The topological polar surface area (TPSA) is 173 Å². The molecule has 0 aliphatic rings. The number of fused-ring (bicyclic) bond motifs is 4. The van der Waals surface area contributed by atoms with Gasteiger partial charge in [0.15, 0.2) is 5.75 Å². The van der Waals surface area contributed by atoms with E-state index in [1.165, 1.54) is 23.0 Å². The molecule has 0 spiro atoms. The number of hydrogen-bond acceptors (Lipinski definition) is 12. The van der Waals surface area contributed by atoms with E-state index in [4.69, 9.17) is 4.18 Å². The van der Waals surface area contributed by atoms with Crippen molar-refractivity contribution in [1.82, 2.24) is 15.0 Å². The molecule has 0 N–H and O–H groups in total. The Balaban J connectivity index is 0.00000221. The van der Waals surface area contributed by atoms with E-state index in [0.29, 0.717) is 28.3 Å². The van der Waals surface area contributed by atoms with Crippen LogP contribution in [0.25, 0.3) is 38.3 Å². The molecule has 0 radical (unpaired) electrons. The molecule has 6 rings (SSSR count). The van der Waals surface area contributed by atoms with Crippen LogP contribution in [0.3, 0.4) is 0 Å². The van der Waals surface area contributed by atoms with Crippen LogP contribution in [0.4, 0.5) is 0 Å². The van der Waals surface area contributed by atoms with E-state index in [9.17, 15) is 26.6 Å². The van der Waals surface area contributed by atoms with Crippen molar-refractivity contribution in [1.29, 1.82) is 0 Å². The summed E-state index contributed by atoms with van der Waals surface area (Å²) in [5.41, 5.74) is 1.56. The predicted molar refractivity (Wildman–Crippen MR) is 149 cm³/mol. The zero-order valence-corrected chi connectivity index (χ0v) is 29.8. The van der Waals surface area contributed by atoms with Gasteiger partial charge in [0.2, 0.25) is 0 Å². The average Bonchev–Trinajstić information content (AvgIpc) is 3.39. The average molecular weight is 670 g/mol. The number of nitrogens with zero attached hydrogens (tertiary/aromatic N) is 3. The minimum atomic E-state index is -4.92. The third kappa shape index (κ3) is 6.85. The molecule has 0 atom stereocenters. The van der Waals surface area contributed by atoms with Gasteiger partial charge in [-0.3, -0.25) is 5.04 Å². The van der Waals surface area contributed by atoms with Gasteiger partial charge in [-0.15, -0.1) is 15.0 Å². The van der Waals surface area contributed by atoms with Gasteiger partial charge in [0.05, 0.1) is 16.9 Å². The summed E-state index contributed by atoms with van der Waals surface area (Å²) in [7, 11) is -9.18. The molecule has 17 heteroatoms. The predicted octanol–water partition coefficient (Wildman–Crippen LogP) is -2.05. The van der Waals surface area contributed by atoms with Crippen molar-refractivity contribution in [2.24, 2.45) is 0 Å². The Morgan fingerprint density at radius 3 is 2.23 bits per heavy atom. The molecule has 5 aromatic carbocycles. The van der Waals surface area contributed by atoms with Gasteiger partial charge in [-0.1, -0.05) is 54.1 Å². The number of aryl methyl sites for hydroxylation is 1. The van der Waals surface area contributed by atoms with Crippen molar-refractivity contribution in [2.75, 3.05) is 0 Å². The van der Waals surface area contributed by atoms with E-state index in [1.807, 2.05) is 19.1 Å². The van der Waals surface area contributed by atoms with Crippen molar-refractivity contribution < 1.29 is 99.3 Å². The second-order valence-electron chi connectivity index (χ2n) is 9.10. The fraction of sp³-hybridized carbons (Fsp3) is 0.0370. The number of aromatic nitrogens is 3. The first-order valence-corrected chi connectivity index (χ1v) is 15.6. The fourth-order valence-corrected chi connectivity index (χ4v) is 6.58. The Morgan fingerprint density at radius 2 is 1.52 bits per heavy atom. The monoisotopic (exact) mass is 669 g/mol. The maximum atomic E-state index is 13.2. The molecule has 44 heavy (non-hydrogen) atoms. The van der Waals surface area contributed by atoms with Crippen LogP contribution in [0.15, 0.2) is 99.6 Å². The largest absolute Gasteiger partial charge is 1.00 e. The molecule has 0 fully saturated rings. The van der Waals surface area contributed by atoms with Gasteiger partial charge < -0.3 is 14.0 Å². The molecular weight excluding hydrogens is 652 g/mol. The molecule has 0 bridgehead atoms. The molecule has 0 saturated carbocycles. The summed E-state index contributed by atoms with van der Waals surface area (Å²) in [6.45, 7) is 1.83. The third-order valence-corrected chi connectivity index (χ3v) is 9.13. The molecule has 1 aromatic heterocycles. The SMILES string of the molecule is Cc1ccc(S(=O)(=O)Oc2ccc3ccccc3c2-n2nc3ccc4c(SOO[O-])cc(S(=O)(=O)[O-])cc4c3n2)cc1.[Na+].[Na+]. The molecule has 0 aliphatic heterocycles. The van der Waals surface area contributed by atoms with Crippen LogP contribution in [0.1, 0.15) is 5.56 Å². The van der Waals surface area contributed by atoms with Gasteiger partial charge >= 0.3 is 69.2 Å². The molecule has 0 unspecified atom stereocenters. The molecule has 6 aromatic rings. The Kier molecular flexibility index (Phi) is 10.8. The van der Waals surface area contributed by atoms with Crippen LogP contribution in [0, 0.1) is 6.92 Å². The molecule has 12 nitrogen and oxygen atoms in total. The maximum Gasteiger partial charge on any atom is 1.00 e. The van der Waals surface area contributed by atoms with Crippen LogP contribution >= 0.6 is 12.0 Å². The van der Waals surface area contributed by atoms with Gasteiger partial charge in [0, 0.05) is 21.1 Å². The quantitative estimate of drug-likeness (QED) is 0.0434. The smallest absolute Gasteiger partial charge is 0.744 e. The van der Waals surface area contributed by atoms with Crippen molar-refractivity contribution >= 4 is 64.9 Å².